The zero-order valence-corrected chi connectivity index (χ0v) is 18.3. The number of nitrogens with zero attached hydrogens (tertiary/aromatic N) is 6. The zero-order chi connectivity index (χ0) is 21.1. The van der Waals surface area contributed by atoms with E-state index in [-0.39, 0.29) is 5.91 Å². The van der Waals surface area contributed by atoms with E-state index >= 15 is 0 Å². The minimum absolute atomic E-state index is 0.206. The van der Waals surface area contributed by atoms with Gasteiger partial charge in [0.05, 0.1) is 6.42 Å². The Balaban J connectivity index is 1.37. The smallest absolute Gasteiger partial charge is 0.227 e. The molecule has 0 unspecified atom stereocenters. The van der Waals surface area contributed by atoms with Crippen LogP contribution in [0.15, 0.2) is 30.3 Å². The number of piperazine rings is 2. The molecule has 0 bridgehead atoms. The number of benzene rings is 1. The lowest BCUT2D eigenvalue weighted by Gasteiger charge is -2.37. The maximum Gasteiger partial charge on any atom is 0.227 e. The van der Waals surface area contributed by atoms with Gasteiger partial charge in [0.25, 0.3) is 0 Å². The Morgan fingerprint density at radius 1 is 0.867 bits per heavy atom. The Morgan fingerprint density at radius 2 is 1.47 bits per heavy atom. The first kappa shape index (κ1) is 20.6. The first-order valence-electron chi connectivity index (χ1n) is 10.9. The minimum atomic E-state index is 0.206. The maximum absolute atomic E-state index is 12.7. The van der Waals surface area contributed by atoms with Crippen LogP contribution >= 0.6 is 0 Å². The number of rotatable bonds is 4. The van der Waals surface area contributed by atoms with Gasteiger partial charge in [-0.1, -0.05) is 29.8 Å². The van der Waals surface area contributed by atoms with Crippen molar-refractivity contribution in [1.29, 1.82) is 0 Å². The van der Waals surface area contributed by atoms with Gasteiger partial charge in [0.1, 0.15) is 17.5 Å². The predicted molar refractivity (Wildman–Crippen MR) is 120 cm³/mol. The quantitative estimate of drug-likeness (QED) is 0.768. The van der Waals surface area contributed by atoms with Crippen LogP contribution in [0.5, 0.6) is 0 Å². The molecule has 0 N–H and O–H groups in total. The number of likely N-dealkylation sites (N-methyl/N-ethyl adjacent to an activating group) is 1. The summed E-state index contributed by atoms with van der Waals surface area (Å²) in [5.74, 6) is 3.00. The fourth-order valence-electron chi connectivity index (χ4n) is 4.19. The number of hydrogen-bond acceptors (Lipinski definition) is 6. The largest absolute Gasteiger partial charge is 0.354 e. The molecule has 1 amide bonds. The summed E-state index contributed by atoms with van der Waals surface area (Å²) in [7, 11) is 2.16. The number of carbonyl (C=O) groups is 1. The van der Waals surface area contributed by atoms with Gasteiger partial charge < -0.3 is 19.6 Å². The summed E-state index contributed by atoms with van der Waals surface area (Å²) >= 11 is 0. The molecule has 2 saturated heterocycles. The van der Waals surface area contributed by atoms with Crippen molar-refractivity contribution in [2.75, 3.05) is 69.2 Å². The molecule has 2 aliphatic rings. The van der Waals surface area contributed by atoms with Crippen molar-refractivity contribution in [2.45, 2.75) is 20.3 Å². The third kappa shape index (κ3) is 4.90. The SMILES string of the molecule is Cc1cccc(CC(=O)N2CCN(c3cc(N4CCN(C)CC4)nc(C)n3)CC2)c1. The van der Waals surface area contributed by atoms with Crippen LogP contribution in [0.3, 0.4) is 0 Å². The molecule has 30 heavy (non-hydrogen) atoms. The molecule has 2 fully saturated rings. The van der Waals surface area contributed by atoms with Crippen molar-refractivity contribution in [3.63, 3.8) is 0 Å². The van der Waals surface area contributed by atoms with Gasteiger partial charge in [-0.2, -0.15) is 0 Å². The molecule has 0 aliphatic carbocycles. The molecular weight excluding hydrogens is 376 g/mol. The Bertz CT molecular complexity index is 885. The molecule has 160 valence electrons. The van der Waals surface area contributed by atoms with Crippen LogP contribution in [0.2, 0.25) is 0 Å². The van der Waals surface area contributed by atoms with E-state index in [1.807, 2.05) is 24.0 Å². The zero-order valence-electron chi connectivity index (χ0n) is 18.3. The Morgan fingerprint density at radius 3 is 2.07 bits per heavy atom. The molecule has 3 heterocycles. The third-order valence-corrected chi connectivity index (χ3v) is 6.03. The molecule has 1 aromatic carbocycles. The predicted octanol–water partition coefficient (Wildman–Crippen LogP) is 1.74. The fraction of sp³-hybridized carbons (Fsp3) is 0.522. The summed E-state index contributed by atoms with van der Waals surface area (Å²) in [6, 6.07) is 10.3. The molecule has 0 saturated carbocycles. The molecule has 0 radical (unpaired) electrons. The van der Waals surface area contributed by atoms with Gasteiger partial charge in [0, 0.05) is 58.4 Å². The molecule has 2 aliphatic heterocycles. The van der Waals surface area contributed by atoms with Crippen LogP contribution in [0.1, 0.15) is 17.0 Å². The highest BCUT2D eigenvalue weighted by molar-refractivity contribution is 5.79. The molecule has 1 aromatic heterocycles. The van der Waals surface area contributed by atoms with E-state index < -0.39 is 0 Å². The van der Waals surface area contributed by atoms with Gasteiger partial charge in [0.2, 0.25) is 5.91 Å². The average molecular weight is 409 g/mol. The number of carbonyl (C=O) groups excluding carboxylic acids is 1. The van der Waals surface area contributed by atoms with Gasteiger partial charge in [-0.3, -0.25) is 4.79 Å². The second-order valence-corrected chi connectivity index (χ2v) is 8.46. The van der Waals surface area contributed by atoms with E-state index in [1.165, 1.54) is 5.56 Å². The van der Waals surface area contributed by atoms with E-state index in [9.17, 15) is 4.79 Å². The van der Waals surface area contributed by atoms with Crippen molar-refractivity contribution in [1.82, 2.24) is 19.8 Å². The topological polar surface area (TPSA) is 55.8 Å². The average Bonchev–Trinajstić information content (AvgIpc) is 2.74. The van der Waals surface area contributed by atoms with E-state index in [0.717, 1.165) is 75.4 Å². The third-order valence-electron chi connectivity index (χ3n) is 6.03. The van der Waals surface area contributed by atoms with Crippen LogP contribution in [0.25, 0.3) is 0 Å². The van der Waals surface area contributed by atoms with Crippen LogP contribution in [-0.2, 0) is 11.2 Å². The summed E-state index contributed by atoms with van der Waals surface area (Å²) in [6.45, 7) is 11.2. The first-order chi connectivity index (χ1) is 14.5. The normalized spacial score (nSPS) is 18.0. The number of hydrogen-bond donors (Lipinski definition) is 0. The first-order valence-corrected chi connectivity index (χ1v) is 10.9. The van der Waals surface area contributed by atoms with Crippen LogP contribution < -0.4 is 9.80 Å². The van der Waals surface area contributed by atoms with E-state index in [1.54, 1.807) is 0 Å². The van der Waals surface area contributed by atoms with E-state index in [4.69, 9.17) is 0 Å². The molecule has 2 aromatic rings. The molecule has 0 atom stereocenters. The number of aromatic nitrogens is 2. The molecular formula is C23H32N6O. The summed E-state index contributed by atoms with van der Waals surface area (Å²) in [4.78, 5) is 31.1. The standard InChI is InChI=1S/C23H32N6O/c1-18-5-4-6-20(15-18)16-23(30)29-13-11-28(12-14-29)22-17-21(24-19(2)25-22)27-9-7-26(3)8-10-27/h4-6,15,17H,7-14,16H2,1-3H3. The van der Waals surface area contributed by atoms with Crippen molar-refractivity contribution in [3.8, 4) is 0 Å². The molecule has 7 heteroatoms. The summed E-state index contributed by atoms with van der Waals surface area (Å²) in [5, 5.41) is 0. The summed E-state index contributed by atoms with van der Waals surface area (Å²) in [6.07, 6.45) is 0.474. The molecule has 4 rings (SSSR count). The Hall–Kier alpha value is -2.67. The highest BCUT2D eigenvalue weighted by Crippen LogP contribution is 2.22. The van der Waals surface area contributed by atoms with Gasteiger partial charge in [-0.25, -0.2) is 9.97 Å². The van der Waals surface area contributed by atoms with Crippen LogP contribution in [0.4, 0.5) is 11.6 Å². The lowest BCUT2D eigenvalue weighted by atomic mass is 10.1. The van der Waals surface area contributed by atoms with Gasteiger partial charge >= 0.3 is 0 Å². The van der Waals surface area contributed by atoms with E-state index in [2.05, 4.69) is 56.8 Å². The number of amides is 1. The van der Waals surface area contributed by atoms with Crippen molar-refractivity contribution >= 4 is 17.5 Å². The van der Waals surface area contributed by atoms with Gasteiger partial charge in [0.15, 0.2) is 0 Å². The number of aryl methyl sites for hydroxylation is 2. The summed E-state index contributed by atoms with van der Waals surface area (Å²) < 4.78 is 0. The maximum atomic E-state index is 12.7. The lowest BCUT2D eigenvalue weighted by Crippen LogP contribution is -2.49. The highest BCUT2D eigenvalue weighted by atomic mass is 16.2. The van der Waals surface area contributed by atoms with E-state index in [0.29, 0.717) is 6.42 Å². The van der Waals surface area contributed by atoms with Gasteiger partial charge in [-0.15, -0.1) is 0 Å². The van der Waals surface area contributed by atoms with Crippen molar-refractivity contribution in [3.05, 3.63) is 47.3 Å². The highest BCUT2D eigenvalue weighted by Gasteiger charge is 2.24. The van der Waals surface area contributed by atoms with Crippen LogP contribution in [-0.4, -0.2) is 85.1 Å². The second-order valence-electron chi connectivity index (χ2n) is 8.46. The minimum Gasteiger partial charge on any atom is -0.354 e. The van der Waals surface area contributed by atoms with Crippen molar-refractivity contribution in [2.24, 2.45) is 0 Å². The Kier molecular flexibility index (Phi) is 6.18. The lowest BCUT2D eigenvalue weighted by molar-refractivity contribution is -0.130. The van der Waals surface area contributed by atoms with Crippen molar-refractivity contribution < 1.29 is 4.79 Å². The summed E-state index contributed by atoms with van der Waals surface area (Å²) in [5.41, 5.74) is 2.28. The Labute approximate surface area is 179 Å². The van der Waals surface area contributed by atoms with Gasteiger partial charge in [-0.05, 0) is 26.5 Å². The monoisotopic (exact) mass is 408 g/mol. The van der Waals surface area contributed by atoms with Crippen LogP contribution in [0, 0.1) is 13.8 Å². The number of anilines is 2. The molecule has 7 nitrogen and oxygen atoms in total. The second kappa shape index (κ2) is 9.00. The fourth-order valence-corrected chi connectivity index (χ4v) is 4.19. The molecule has 0 spiro atoms.